The Kier molecular flexibility index (Phi) is 5.83. The number of aliphatic hydroxyl groups is 1. The van der Waals surface area contributed by atoms with Gasteiger partial charge in [-0.3, -0.25) is 4.79 Å². The van der Waals surface area contributed by atoms with E-state index in [4.69, 9.17) is 13.6 Å². The summed E-state index contributed by atoms with van der Waals surface area (Å²) in [7, 11) is 1.63. The molecule has 1 saturated carbocycles. The van der Waals surface area contributed by atoms with Gasteiger partial charge < -0.3 is 23.6 Å². The van der Waals surface area contributed by atoms with Crippen LogP contribution >= 0.6 is 0 Å². The van der Waals surface area contributed by atoms with Crippen LogP contribution in [0, 0.1) is 12.8 Å². The fourth-order valence-corrected chi connectivity index (χ4v) is 6.19. The Balaban J connectivity index is 1.34. The van der Waals surface area contributed by atoms with E-state index in [0.29, 0.717) is 36.2 Å². The summed E-state index contributed by atoms with van der Waals surface area (Å²) in [5.41, 5.74) is 2.89. The van der Waals surface area contributed by atoms with Gasteiger partial charge in [0.15, 0.2) is 0 Å². The summed E-state index contributed by atoms with van der Waals surface area (Å²) in [5, 5.41) is 12.6. The van der Waals surface area contributed by atoms with Crippen molar-refractivity contribution in [3.05, 3.63) is 64.2 Å². The van der Waals surface area contributed by atoms with Crippen molar-refractivity contribution in [2.75, 3.05) is 20.2 Å². The number of likely N-dealkylation sites (tertiary alicyclic amines) is 1. The number of piperidine rings is 1. The summed E-state index contributed by atoms with van der Waals surface area (Å²) >= 11 is 0. The maximum Gasteiger partial charge on any atom is 0.340 e. The van der Waals surface area contributed by atoms with Crippen molar-refractivity contribution >= 4 is 27.8 Å². The number of carbonyl (C=O) groups is 1. The number of hydrogen-bond acceptors (Lipinski definition) is 6. The van der Waals surface area contributed by atoms with Crippen molar-refractivity contribution in [1.29, 1.82) is 0 Å². The van der Waals surface area contributed by atoms with E-state index in [-0.39, 0.29) is 18.2 Å². The molecule has 0 bridgehead atoms. The van der Waals surface area contributed by atoms with Crippen LogP contribution < -0.4 is 10.4 Å². The zero-order valence-electron chi connectivity index (χ0n) is 21.2. The van der Waals surface area contributed by atoms with Crippen LogP contribution in [0.4, 0.5) is 0 Å². The molecule has 1 aliphatic carbocycles. The number of benzene rings is 2. The second-order valence-corrected chi connectivity index (χ2v) is 10.5. The largest absolute Gasteiger partial charge is 0.497 e. The highest BCUT2D eigenvalue weighted by Crippen LogP contribution is 2.40. The van der Waals surface area contributed by atoms with Gasteiger partial charge in [0.25, 0.3) is 0 Å². The lowest BCUT2D eigenvalue weighted by atomic mass is 9.71. The van der Waals surface area contributed by atoms with Gasteiger partial charge in [-0.05, 0) is 55.5 Å². The second kappa shape index (κ2) is 9.06. The molecule has 2 atom stereocenters. The summed E-state index contributed by atoms with van der Waals surface area (Å²) < 4.78 is 16.9. The number of fused-ring (bicyclic) bond motifs is 3. The smallest absolute Gasteiger partial charge is 0.340 e. The van der Waals surface area contributed by atoms with Gasteiger partial charge in [-0.2, -0.15) is 0 Å². The SMILES string of the molecule is COc1cccc(-c2coc3cc4oc(=O)c(CC(=O)N5CC[C@@]6(O)CCCC[C@H]6C5)c(C)c4cc23)c1. The van der Waals surface area contributed by atoms with Gasteiger partial charge in [0, 0.05) is 41.4 Å². The van der Waals surface area contributed by atoms with Crippen LogP contribution in [0.1, 0.15) is 43.2 Å². The van der Waals surface area contributed by atoms with Crippen molar-refractivity contribution in [1.82, 2.24) is 4.90 Å². The lowest BCUT2D eigenvalue weighted by molar-refractivity contribution is -0.142. The molecule has 4 aromatic rings. The van der Waals surface area contributed by atoms with Crippen molar-refractivity contribution in [3.8, 4) is 16.9 Å². The highest BCUT2D eigenvalue weighted by atomic mass is 16.5. The quantitative estimate of drug-likeness (QED) is 0.386. The first-order valence-electron chi connectivity index (χ1n) is 13.0. The summed E-state index contributed by atoms with van der Waals surface area (Å²) in [6, 6.07) is 11.5. The second-order valence-electron chi connectivity index (χ2n) is 10.5. The Labute approximate surface area is 214 Å². The van der Waals surface area contributed by atoms with Crippen molar-refractivity contribution in [2.45, 2.75) is 51.0 Å². The van der Waals surface area contributed by atoms with Gasteiger partial charge in [-0.1, -0.05) is 25.0 Å². The summed E-state index contributed by atoms with van der Waals surface area (Å²) in [6.07, 6.45) is 6.16. The Hall–Kier alpha value is -3.58. The molecule has 2 aliphatic rings. The maximum atomic E-state index is 13.3. The van der Waals surface area contributed by atoms with Gasteiger partial charge in [0.1, 0.15) is 16.9 Å². The summed E-state index contributed by atoms with van der Waals surface area (Å²) in [5.74, 6) is 0.765. The molecule has 1 N–H and O–H groups in total. The molecular formula is C30H31NO6. The number of amides is 1. The molecule has 2 aromatic carbocycles. The van der Waals surface area contributed by atoms with Gasteiger partial charge >= 0.3 is 5.63 Å². The molecule has 37 heavy (non-hydrogen) atoms. The van der Waals surface area contributed by atoms with Gasteiger partial charge in [0.05, 0.1) is 31.0 Å². The molecule has 2 aromatic heterocycles. The first-order chi connectivity index (χ1) is 17.9. The van der Waals surface area contributed by atoms with Crippen LogP contribution in [0.25, 0.3) is 33.1 Å². The number of nitrogens with zero attached hydrogens (tertiary/aromatic N) is 1. The fraction of sp³-hybridized carbons (Fsp3) is 0.400. The minimum Gasteiger partial charge on any atom is -0.497 e. The standard InChI is InChI=1S/C30H31NO6/c1-18-22-13-24-25(19-6-5-8-21(12-19)35-2)17-36-26(24)15-27(22)37-29(33)23(18)14-28(32)31-11-10-30(34)9-4-3-7-20(30)16-31/h5-6,8,12-13,15,17,20,34H,3-4,7,9-11,14,16H2,1-2H3/t20-,30-/m0/s1. The van der Waals surface area contributed by atoms with Crippen molar-refractivity contribution in [3.63, 3.8) is 0 Å². The number of rotatable bonds is 4. The van der Waals surface area contributed by atoms with E-state index >= 15 is 0 Å². The van der Waals surface area contributed by atoms with Gasteiger partial charge in [-0.25, -0.2) is 4.79 Å². The molecular weight excluding hydrogens is 470 g/mol. The van der Waals surface area contributed by atoms with Crippen LogP contribution in [0.2, 0.25) is 0 Å². The third-order valence-electron chi connectivity index (χ3n) is 8.47. The molecule has 0 radical (unpaired) electrons. The molecule has 1 amide bonds. The van der Waals surface area contributed by atoms with Gasteiger partial charge in [-0.15, -0.1) is 0 Å². The molecule has 7 heteroatoms. The van der Waals surface area contributed by atoms with Crippen LogP contribution in [0.15, 0.2) is 56.3 Å². The third kappa shape index (κ3) is 4.11. The zero-order chi connectivity index (χ0) is 25.7. The van der Waals surface area contributed by atoms with Crippen LogP contribution in [-0.2, 0) is 11.2 Å². The number of methoxy groups -OCH3 is 1. The van der Waals surface area contributed by atoms with Crippen molar-refractivity contribution in [2.24, 2.45) is 5.92 Å². The highest BCUT2D eigenvalue weighted by Gasteiger charge is 2.43. The lowest BCUT2D eigenvalue weighted by Crippen LogP contribution is -2.55. The minimum atomic E-state index is -0.649. The first-order valence-corrected chi connectivity index (χ1v) is 13.0. The summed E-state index contributed by atoms with van der Waals surface area (Å²) in [6.45, 7) is 2.94. The number of carbonyl (C=O) groups excluding carboxylic acids is 1. The molecule has 3 heterocycles. The van der Waals surface area contributed by atoms with E-state index in [2.05, 4.69) is 0 Å². The highest BCUT2D eigenvalue weighted by molar-refractivity contribution is 6.02. The number of ether oxygens (including phenoxy) is 1. The van der Waals surface area contributed by atoms with Crippen LogP contribution in [-0.4, -0.2) is 41.7 Å². The maximum absolute atomic E-state index is 13.3. The van der Waals surface area contributed by atoms with Gasteiger partial charge in [0.2, 0.25) is 5.91 Å². The van der Waals surface area contributed by atoms with Crippen LogP contribution in [0.5, 0.6) is 5.75 Å². The number of aryl methyl sites for hydroxylation is 1. The average molecular weight is 502 g/mol. The lowest BCUT2D eigenvalue weighted by Gasteiger charge is -2.47. The number of furan rings is 1. The third-order valence-corrected chi connectivity index (χ3v) is 8.47. The Morgan fingerprint density at radius 3 is 2.86 bits per heavy atom. The Bertz CT molecular complexity index is 1570. The molecule has 1 saturated heterocycles. The molecule has 6 rings (SSSR count). The first kappa shape index (κ1) is 23.8. The predicted octanol–water partition coefficient (Wildman–Crippen LogP) is 5.22. The Morgan fingerprint density at radius 2 is 2.03 bits per heavy atom. The predicted molar refractivity (Wildman–Crippen MR) is 141 cm³/mol. The van der Waals surface area contributed by atoms with E-state index in [1.54, 1.807) is 19.4 Å². The average Bonchev–Trinajstić information content (AvgIpc) is 3.32. The van der Waals surface area contributed by atoms with E-state index in [1.165, 1.54) is 0 Å². The molecule has 1 aliphatic heterocycles. The van der Waals surface area contributed by atoms with E-state index in [1.807, 2.05) is 42.2 Å². The number of hydrogen-bond donors (Lipinski definition) is 1. The molecule has 192 valence electrons. The fourth-order valence-electron chi connectivity index (χ4n) is 6.19. The molecule has 2 fully saturated rings. The van der Waals surface area contributed by atoms with Crippen molar-refractivity contribution < 1.29 is 23.5 Å². The molecule has 0 unspecified atom stereocenters. The van der Waals surface area contributed by atoms with Crippen LogP contribution in [0.3, 0.4) is 0 Å². The Morgan fingerprint density at radius 1 is 1.16 bits per heavy atom. The monoisotopic (exact) mass is 501 g/mol. The summed E-state index contributed by atoms with van der Waals surface area (Å²) in [4.78, 5) is 28.1. The molecule has 0 spiro atoms. The topological polar surface area (TPSA) is 93.1 Å². The van der Waals surface area contributed by atoms with E-state index in [9.17, 15) is 14.7 Å². The normalized spacial score (nSPS) is 21.8. The van der Waals surface area contributed by atoms with E-state index < -0.39 is 11.2 Å². The zero-order valence-corrected chi connectivity index (χ0v) is 21.2. The van der Waals surface area contributed by atoms with E-state index in [0.717, 1.165) is 58.9 Å². The molecule has 7 nitrogen and oxygen atoms in total. The minimum absolute atomic E-state index is 0.0125.